The third kappa shape index (κ3) is 3.22. The molecular formula is C15H22N2O3. The van der Waals surface area contributed by atoms with Crippen LogP contribution in [0.5, 0.6) is 5.75 Å². The Bertz CT molecular complexity index is 474. The van der Waals surface area contributed by atoms with Gasteiger partial charge in [0.25, 0.3) is 5.91 Å². The second kappa shape index (κ2) is 6.61. The van der Waals surface area contributed by atoms with Gasteiger partial charge in [-0.05, 0) is 37.0 Å². The van der Waals surface area contributed by atoms with Crippen molar-refractivity contribution in [2.75, 3.05) is 39.6 Å². The van der Waals surface area contributed by atoms with Crippen LogP contribution in [0.25, 0.3) is 0 Å². The fourth-order valence-electron chi connectivity index (χ4n) is 2.64. The molecule has 1 aromatic carbocycles. The fraction of sp³-hybridized carbons (Fsp3) is 0.533. The van der Waals surface area contributed by atoms with Crippen molar-refractivity contribution in [3.8, 4) is 5.75 Å². The Morgan fingerprint density at radius 3 is 2.95 bits per heavy atom. The van der Waals surface area contributed by atoms with Crippen molar-refractivity contribution >= 4 is 11.6 Å². The second-order valence-corrected chi connectivity index (χ2v) is 5.17. The number of methoxy groups -OCH3 is 2. The maximum Gasteiger partial charge on any atom is 0.256 e. The summed E-state index contributed by atoms with van der Waals surface area (Å²) < 4.78 is 10.4. The van der Waals surface area contributed by atoms with E-state index in [1.54, 1.807) is 32.4 Å². The number of anilines is 1. The number of nitrogens with two attached hydrogens (primary N) is 1. The normalized spacial score (nSPS) is 18.9. The molecule has 0 aliphatic carbocycles. The minimum Gasteiger partial charge on any atom is -0.497 e. The van der Waals surface area contributed by atoms with Crippen molar-refractivity contribution in [3.05, 3.63) is 23.8 Å². The number of hydrogen-bond acceptors (Lipinski definition) is 4. The first-order valence-electron chi connectivity index (χ1n) is 6.87. The van der Waals surface area contributed by atoms with E-state index in [0.29, 0.717) is 29.5 Å². The highest BCUT2D eigenvalue weighted by Crippen LogP contribution is 2.24. The molecule has 0 saturated carbocycles. The summed E-state index contributed by atoms with van der Waals surface area (Å²) in [6, 6.07) is 5.18. The number of benzene rings is 1. The van der Waals surface area contributed by atoms with Crippen LogP contribution in [0.2, 0.25) is 0 Å². The third-order valence-corrected chi connectivity index (χ3v) is 3.70. The van der Waals surface area contributed by atoms with Crippen molar-refractivity contribution in [2.45, 2.75) is 12.8 Å². The van der Waals surface area contributed by atoms with Gasteiger partial charge in [-0.2, -0.15) is 0 Å². The summed E-state index contributed by atoms with van der Waals surface area (Å²) in [6.07, 6.45) is 2.11. The molecule has 1 aromatic rings. The van der Waals surface area contributed by atoms with Crippen LogP contribution in [0.3, 0.4) is 0 Å². The maximum absolute atomic E-state index is 12.6. The van der Waals surface area contributed by atoms with E-state index in [-0.39, 0.29) is 5.91 Å². The number of piperidine rings is 1. The summed E-state index contributed by atoms with van der Waals surface area (Å²) in [6.45, 7) is 2.19. The average Bonchev–Trinajstić information content (AvgIpc) is 2.48. The molecule has 1 saturated heterocycles. The Hall–Kier alpha value is -1.75. The molecule has 5 nitrogen and oxygen atoms in total. The van der Waals surface area contributed by atoms with E-state index in [2.05, 4.69) is 0 Å². The summed E-state index contributed by atoms with van der Waals surface area (Å²) in [7, 11) is 3.27. The van der Waals surface area contributed by atoms with E-state index >= 15 is 0 Å². The molecule has 0 radical (unpaired) electrons. The number of carbonyl (C=O) groups excluding carboxylic acids is 1. The SMILES string of the molecule is COCC1CCCN(C(=O)c2cc(OC)ccc2N)C1. The highest BCUT2D eigenvalue weighted by molar-refractivity contribution is 5.99. The topological polar surface area (TPSA) is 64.8 Å². The van der Waals surface area contributed by atoms with Crippen LogP contribution in [0.4, 0.5) is 5.69 Å². The van der Waals surface area contributed by atoms with E-state index < -0.39 is 0 Å². The zero-order chi connectivity index (χ0) is 14.5. The fourth-order valence-corrected chi connectivity index (χ4v) is 2.64. The van der Waals surface area contributed by atoms with E-state index in [0.717, 1.165) is 25.9 Å². The minimum absolute atomic E-state index is 0.0257. The van der Waals surface area contributed by atoms with E-state index in [1.165, 1.54) is 0 Å². The minimum atomic E-state index is -0.0257. The summed E-state index contributed by atoms with van der Waals surface area (Å²) in [4.78, 5) is 14.4. The smallest absolute Gasteiger partial charge is 0.256 e. The van der Waals surface area contributed by atoms with Crippen LogP contribution in [-0.4, -0.2) is 44.7 Å². The Morgan fingerprint density at radius 1 is 1.45 bits per heavy atom. The predicted molar refractivity (Wildman–Crippen MR) is 77.9 cm³/mol. The Morgan fingerprint density at radius 2 is 2.25 bits per heavy atom. The number of rotatable bonds is 4. The van der Waals surface area contributed by atoms with Crippen molar-refractivity contribution in [1.82, 2.24) is 4.90 Å². The molecule has 2 rings (SSSR count). The Kier molecular flexibility index (Phi) is 4.84. The van der Waals surface area contributed by atoms with Gasteiger partial charge in [0.1, 0.15) is 5.75 Å². The molecule has 1 aliphatic heterocycles. The van der Waals surface area contributed by atoms with E-state index in [4.69, 9.17) is 15.2 Å². The zero-order valence-corrected chi connectivity index (χ0v) is 12.1. The summed E-state index contributed by atoms with van der Waals surface area (Å²) in [5.74, 6) is 1.03. The average molecular weight is 278 g/mol. The van der Waals surface area contributed by atoms with Gasteiger partial charge in [0.05, 0.1) is 19.3 Å². The number of nitrogens with zero attached hydrogens (tertiary/aromatic N) is 1. The first kappa shape index (κ1) is 14.7. The molecule has 20 heavy (non-hydrogen) atoms. The van der Waals surface area contributed by atoms with Crippen LogP contribution in [-0.2, 0) is 4.74 Å². The number of nitrogen functional groups attached to an aromatic ring is 1. The van der Waals surface area contributed by atoms with Crippen molar-refractivity contribution in [2.24, 2.45) is 5.92 Å². The molecule has 5 heteroatoms. The molecule has 1 heterocycles. The highest BCUT2D eigenvalue weighted by atomic mass is 16.5. The van der Waals surface area contributed by atoms with Gasteiger partial charge in [0.2, 0.25) is 0 Å². The van der Waals surface area contributed by atoms with Gasteiger partial charge in [-0.15, -0.1) is 0 Å². The quantitative estimate of drug-likeness (QED) is 0.853. The van der Waals surface area contributed by atoms with Gasteiger partial charge in [-0.3, -0.25) is 4.79 Å². The number of carbonyl (C=O) groups is 1. The van der Waals surface area contributed by atoms with Gasteiger partial charge in [0, 0.05) is 25.9 Å². The van der Waals surface area contributed by atoms with E-state index in [1.807, 2.05) is 4.90 Å². The van der Waals surface area contributed by atoms with Crippen LogP contribution in [0.1, 0.15) is 23.2 Å². The summed E-state index contributed by atoms with van der Waals surface area (Å²) in [5, 5.41) is 0. The third-order valence-electron chi connectivity index (χ3n) is 3.70. The lowest BCUT2D eigenvalue weighted by atomic mass is 9.98. The molecule has 0 aromatic heterocycles. The van der Waals surface area contributed by atoms with Crippen molar-refractivity contribution < 1.29 is 14.3 Å². The van der Waals surface area contributed by atoms with Crippen LogP contribution in [0, 0.1) is 5.92 Å². The monoisotopic (exact) mass is 278 g/mol. The van der Waals surface area contributed by atoms with Crippen molar-refractivity contribution in [1.29, 1.82) is 0 Å². The number of hydrogen-bond donors (Lipinski definition) is 1. The number of likely N-dealkylation sites (tertiary alicyclic amines) is 1. The Labute approximate surface area is 119 Å². The first-order chi connectivity index (χ1) is 9.65. The molecule has 2 N–H and O–H groups in total. The molecular weight excluding hydrogens is 256 g/mol. The zero-order valence-electron chi connectivity index (χ0n) is 12.1. The molecule has 1 unspecified atom stereocenters. The standard InChI is InChI=1S/C15H22N2O3/c1-19-10-11-4-3-7-17(9-11)15(18)13-8-12(20-2)5-6-14(13)16/h5-6,8,11H,3-4,7,9-10,16H2,1-2H3. The summed E-state index contributed by atoms with van der Waals surface area (Å²) in [5.41, 5.74) is 6.92. The molecule has 1 aliphatic rings. The van der Waals surface area contributed by atoms with Gasteiger partial charge >= 0.3 is 0 Å². The molecule has 0 spiro atoms. The molecule has 1 fully saturated rings. The second-order valence-electron chi connectivity index (χ2n) is 5.17. The van der Waals surface area contributed by atoms with Crippen molar-refractivity contribution in [3.63, 3.8) is 0 Å². The van der Waals surface area contributed by atoms with Crippen LogP contribution < -0.4 is 10.5 Å². The van der Waals surface area contributed by atoms with Crippen LogP contribution >= 0.6 is 0 Å². The van der Waals surface area contributed by atoms with Crippen LogP contribution in [0.15, 0.2) is 18.2 Å². The first-order valence-corrected chi connectivity index (χ1v) is 6.87. The maximum atomic E-state index is 12.6. The summed E-state index contributed by atoms with van der Waals surface area (Å²) >= 11 is 0. The lowest BCUT2D eigenvalue weighted by Gasteiger charge is -2.32. The number of ether oxygens (including phenoxy) is 2. The molecule has 1 atom stereocenters. The van der Waals surface area contributed by atoms with Gasteiger partial charge in [0.15, 0.2) is 0 Å². The van der Waals surface area contributed by atoms with Gasteiger partial charge in [-0.1, -0.05) is 0 Å². The molecule has 0 bridgehead atoms. The van der Waals surface area contributed by atoms with E-state index in [9.17, 15) is 4.79 Å². The number of amides is 1. The highest BCUT2D eigenvalue weighted by Gasteiger charge is 2.25. The molecule has 1 amide bonds. The predicted octanol–water partition coefficient (Wildman–Crippen LogP) is 1.78. The van der Waals surface area contributed by atoms with Gasteiger partial charge in [-0.25, -0.2) is 0 Å². The lowest BCUT2D eigenvalue weighted by Crippen LogP contribution is -2.41. The Balaban J connectivity index is 2.14. The molecule has 110 valence electrons. The largest absolute Gasteiger partial charge is 0.497 e. The van der Waals surface area contributed by atoms with Gasteiger partial charge < -0.3 is 20.1 Å². The lowest BCUT2D eigenvalue weighted by molar-refractivity contribution is 0.0571.